The van der Waals surface area contributed by atoms with Gasteiger partial charge in [0.15, 0.2) is 0 Å². The highest BCUT2D eigenvalue weighted by atomic mass is 32.2. The minimum absolute atomic E-state index is 0.0239. The van der Waals surface area contributed by atoms with Gasteiger partial charge >= 0.3 is 0 Å². The lowest BCUT2D eigenvalue weighted by molar-refractivity contribution is 0.0791. The first-order chi connectivity index (χ1) is 16.2. The lowest BCUT2D eigenvalue weighted by atomic mass is 9.94. The highest BCUT2D eigenvalue weighted by Crippen LogP contribution is 2.28. The Bertz CT molecular complexity index is 1180. The van der Waals surface area contributed by atoms with Crippen LogP contribution in [0.2, 0.25) is 0 Å². The average molecular weight is 484 g/mol. The van der Waals surface area contributed by atoms with E-state index in [-0.39, 0.29) is 16.4 Å². The van der Waals surface area contributed by atoms with Gasteiger partial charge in [-0.15, -0.1) is 0 Å². The number of hydrogen-bond donors (Lipinski definition) is 1. The average Bonchev–Trinajstić information content (AvgIpc) is 3.34. The van der Waals surface area contributed by atoms with Crippen molar-refractivity contribution in [1.29, 1.82) is 0 Å². The Kier molecular flexibility index (Phi) is 7.09. The Hall–Kier alpha value is -2.71. The van der Waals surface area contributed by atoms with E-state index >= 15 is 0 Å². The second-order valence-corrected chi connectivity index (χ2v) is 11.7. The maximum absolute atomic E-state index is 13.3. The number of piperidine rings is 1. The molecule has 2 heterocycles. The molecule has 2 atom stereocenters. The van der Waals surface area contributed by atoms with Crippen LogP contribution in [-0.4, -0.2) is 55.6 Å². The predicted octanol–water partition coefficient (Wildman–Crippen LogP) is 4.15. The first kappa shape index (κ1) is 24.4. The van der Waals surface area contributed by atoms with E-state index in [1.165, 1.54) is 16.4 Å². The van der Waals surface area contributed by atoms with Crippen molar-refractivity contribution in [2.45, 2.75) is 44.9 Å². The van der Waals surface area contributed by atoms with Crippen molar-refractivity contribution in [3.63, 3.8) is 0 Å². The van der Waals surface area contributed by atoms with E-state index in [2.05, 4.69) is 19.2 Å². The van der Waals surface area contributed by atoms with Crippen LogP contribution in [-0.2, 0) is 10.0 Å². The standard InChI is InChI=1S/C26H33N3O4S/c1-18-14-19(2)17-29(16-18)34(32,33)22-9-6-8-21(15-22)25(30)27-24-11-7-10-23(20(24)3)26(31)28-12-4-5-13-28/h6-11,15,18-19H,4-5,12-14,16-17H2,1-3H3,(H,27,30). The summed E-state index contributed by atoms with van der Waals surface area (Å²) in [4.78, 5) is 27.9. The summed E-state index contributed by atoms with van der Waals surface area (Å²) in [6.45, 7) is 8.42. The fourth-order valence-electron chi connectivity index (χ4n) is 5.04. The van der Waals surface area contributed by atoms with Crippen molar-refractivity contribution >= 4 is 27.5 Å². The van der Waals surface area contributed by atoms with Gasteiger partial charge in [0.05, 0.1) is 4.90 Å². The van der Waals surface area contributed by atoms with Gasteiger partial charge in [-0.05, 0) is 73.9 Å². The van der Waals surface area contributed by atoms with E-state index in [0.29, 0.717) is 41.7 Å². The number of benzene rings is 2. The zero-order valence-corrected chi connectivity index (χ0v) is 20.9. The summed E-state index contributed by atoms with van der Waals surface area (Å²) in [5.74, 6) is 0.155. The molecule has 2 saturated heterocycles. The Labute approximate surface area is 202 Å². The molecule has 2 aromatic rings. The Morgan fingerprint density at radius 2 is 1.62 bits per heavy atom. The zero-order chi connectivity index (χ0) is 24.5. The van der Waals surface area contributed by atoms with Gasteiger partial charge in [0, 0.05) is 43.0 Å². The third-order valence-corrected chi connectivity index (χ3v) is 8.60. The molecular weight excluding hydrogens is 450 g/mol. The van der Waals surface area contributed by atoms with Crippen LogP contribution in [0.5, 0.6) is 0 Å². The first-order valence-electron chi connectivity index (χ1n) is 12.0. The molecule has 0 aromatic heterocycles. The van der Waals surface area contributed by atoms with Crippen LogP contribution in [0.25, 0.3) is 0 Å². The van der Waals surface area contributed by atoms with Gasteiger partial charge in [0.2, 0.25) is 10.0 Å². The Balaban J connectivity index is 1.54. The van der Waals surface area contributed by atoms with Crippen LogP contribution in [0.3, 0.4) is 0 Å². The van der Waals surface area contributed by atoms with Gasteiger partial charge in [-0.3, -0.25) is 9.59 Å². The molecule has 0 aliphatic carbocycles. The smallest absolute Gasteiger partial charge is 0.255 e. The maximum atomic E-state index is 13.3. The number of carbonyl (C=O) groups is 2. The molecule has 2 aromatic carbocycles. The summed E-state index contributed by atoms with van der Waals surface area (Å²) >= 11 is 0. The molecule has 2 aliphatic rings. The molecule has 34 heavy (non-hydrogen) atoms. The largest absolute Gasteiger partial charge is 0.339 e. The number of amides is 2. The van der Waals surface area contributed by atoms with Gasteiger partial charge in [0.25, 0.3) is 11.8 Å². The van der Waals surface area contributed by atoms with Gasteiger partial charge in [-0.25, -0.2) is 8.42 Å². The number of likely N-dealkylation sites (tertiary alicyclic amines) is 1. The normalized spacial score (nSPS) is 21.4. The van der Waals surface area contributed by atoms with Crippen LogP contribution < -0.4 is 5.32 Å². The summed E-state index contributed by atoms with van der Waals surface area (Å²) in [7, 11) is -3.69. The zero-order valence-electron chi connectivity index (χ0n) is 20.1. The third kappa shape index (κ3) is 5.03. The SMILES string of the molecule is Cc1c(NC(=O)c2cccc(S(=O)(=O)N3CC(C)CC(C)C3)c2)cccc1C(=O)N1CCCC1. The molecule has 2 aliphatic heterocycles. The molecule has 4 rings (SSSR count). The fraction of sp³-hybridized carbons (Fsp3) is 0.462. The van der Waals surface area contributed by atoms with E-state index in [4.69, 9.17) is 0 Å². The van der Waals surface area contributed by atoms with E-state index in [9.17, 15) is 18.0 Å². The number of nitrogens with zero attached hydrogens (tertiary/aromatic N) is 2. The number of sulfonamides is 1. The highest BCUT2D eigenvalue weighted by Gasteiger charge is 2.32. The number of nitrogens with one attached hydrogen (secondary N) is 1. The van der Waals surface area contributed by atoms with Crippen molar-refractivity contribution in [3.8, 4) is 0 Å². The molecule has 2 unspecified atom stereocenters. The van der Waals surface area contributed by atoms with Crippen molar-refractivity contribution in [3.05, 3.63) is 59.2 Å². The van der Waals surface area contributed by atoms with Crippen molar-refractivity contribution in [1.82, 2.24) is 9.21 Å². The monoisotopic (exact) mass is 483 g/mol. The molecule has 1 N–H and O–H groups in total. The molecular formula is C26H33N3O4S. The molecule has 2 fully saturated rings. The Morgan fingerprint density at radius 1 is 0.971 bits per heavy atom. The summed E-state index contributed by atoms with van der Waals surface area (Å²) in [5.41, 5.74) is 2.08. The molecule has 2 amide bonds. The van der Waals surface area contributed by atoms with Crippen LogP contribution in [0.15, 0.2) is 47.4 Å². The molecule has 0 bridgehead atoms. The summed E-state index contributed by atoms with van der Waals surface area (Å²) in [6, 6.07) is 11.5. The molecule has 0 saturated carbocycles. The number of anilines is 1. The summed E-state index contributed by atoms with van der Waals surface area (Å²) in [5, 5.41) is 2.87. The van der Waals surface area contributed by atoms with Gasteiger partial charge in [-0.1, -0.05) is 26.0 Å². The van der Waals surface area contributed by atoms with Gasteiger partial charge in [0.1, 0.15) is 0 Å². The van der Waals surface area contributed by atoms with Crippen molar-refractivity contribution < 1.29 is 18.0 Å². The van der Waals surface area contributed by atoms with Crippen LogP contribution in [0.4, 0.5) is 5.69 Å². The lowest BCUT2D eigenvalue weighted by Gasteiger charge is -2.34. The van der Waals surface area contributed by atoms with E-state index in [0.717, 1.165) is 32.4 Å². The summed E-state index contributed by atoms with van der Waals surface area (Å²) in [6.07, 6.45) is 3.03. The van der Waals surface area contributed by atoms with Crippen LogP contribution in [0, 0.1) is 18.8 Å². The highest BCUT2D eigenvalue weighted by molar-refractivity contribution is 7.89. The number of carbonyl (C=O) groups excluding carboxylic acids is 2. The second-order valence-electron chi connectivity index (χ2n) is 9.73. The Morgan fingerprint density at radius 3 is 2.29 bits per heavy atom. The third-order valence-electron chi connectivity index (χ3n) is 6.78. The first-order valence-corrected chi connectivity index (χ1v) is 13.4. The minimum Gasteiger partial charge on any atom is -0.339 e. The minimum atomic E-state index is -3.69. The van der Waals surface area contributed by atoms with Crippen LogP contribution in [0.1, 0.15) is 59.4 Å². The molecule has 7 nitrogen and oxygen atoms in total. The van der Waals surface area contributed by atoms with E-state index < -0.39 is 15.9 Å². The lowest BCUT2D eigenvalue weighted by Crippen LogP contribution is -2.42. The number of hydrogen-bond acceptors (Lipinski definition) is 4. The quantitative estimate of drug-likeness (QED) is 0.692. The van der Waals surface area contributed by atoms with E-state index in [1.54, 1.807) is 30.3 Å². The molecule has 0 spiro atoms. The molecule has 182 valence electrons. The second kappa shape index (κ2) is 9.88. The van der Waals surface area contributed by atoms with Crippen molar-refractivity contribution in [2.75, 3.05) is 31.5 Å². The van der Waals surface area contributed by atoms with Gasteiger partial charge in [-0.2, -0.15) is 4.31 Å². The fourth-order valence-corrected chi connectivity index (χ4v) is 6.76. The van der Waals surface area contributed by atoms with E-state index in [1.807, 2.05) is 11.8 Å². The van der Waals surface area contributed by atoms with Gasteiger partial charge < -0.3 is 10.2 Å². The molecule has 0 radical (unpaired) electrons. The predicted molar refractivity (Wildman–Crippen MR) is 132 cm³/mol. The van der Waals surface area contributed by atoms with Crippen molar-refractivity contribution in [2.24, 2.45) is 11.8 Å². The molecule has 8 heteroatoms. The maximum Gasteiger partial charge on any atom is 0.255 e. The topological polar surface area (TPSA) is 86.8 Å². The number of rotatable bonds is 5. The summed E-state index contributed by atoms with van der Waals surface area (Å²) < 4.78 is 28.1. The van der Waals surface area contributed by atoms with Crippen LogP contribution >= 0.6 is 0 Å².